The molecule has 0 unspecified atom stereocenters. The Morgan fingerprint density at radius 3 is 2.43 bits per heavy atom. The molecule has 2 aromatic rings. The molecule has 0 bridgehead atoms. The molecule has 0 atom stereocenters. The van der Waals surface area contributed by atoms with E-state index in [2.05, 4.69) is 10.0 Å². The topological polar surface area (TPSA) is 88.4 Å². The van der Waals surface area contributed by atoms with Gasteiger partial charge in [0.25, 0.3) is 5.91 Å². The van der Waals surface area contributed by atoms with Crippen LogP contribution in [-0.2, 0) is 22.3 Å². The van der Waals surface area contributed by atoms with Gasteiger partial charge in [-0.25, -0.2) is 13.1 Å². The summed E-state index contributed by atoms with van der Waals surface area (Å²) in [5, 5.41) is 2.72. The molecule has 1 aromatic carbocycles. The van der Waals surface area contributed by atoms with E-state index in [1.54, 1.807) is 50.2 Å². The van der Waals surface area contributed by atoms with Crippen molar-refractivity contribution in [1.29, 1.82) is 0 Å². The predicted molar refractivity (Wildman–Crippen MR) is 87.2 cm³/mol. The summed E-state index contributed by atoms with van der Waals surface area (Å²) in [4.78, 5) is 11.9. The van der Waals surface area contributed by atoms with E-state index in [1.807, 2.05) is 0 Å². The molecule has 124 valence electrons. The Kier molecular flexibility index (Phi) is 5.57. The molecule has 0 saturated heterocycles. The lowest BCUT2D eigenvalue weighted by Gasteiger charge is -2.13. The monoisotopic (exact) mass is 336 g/mol. The van der Waals surface area contributed by atoms with Crippen molar-refractivity contribution in [2.45, 2.75) is 32.2 Å². The van der Waals surface area contributed by atoms with Crippen molar-refractivity contribution in [3.8, 4) is 0 Å². The quantitative estimate of drug-likeness (QED) is 0.810. The zero-order valence-electron chi connectivity index (χ0n) is 13.1. The van der Waals surface area contributed by atoms with Crippen molar-refractivity contribution in [2.75, 3.05) is 0 Å². The number of nitrogens with one attached hydrogen (secondary N) is 2. The fourth-order valence-electron chi connectivity index (χ4n) is 2.15. The van der Waals surface area contributed by atoms with Gasteiger partial charge in [-0.2, -0.15) is 0 Å². The summed E-state index contributed by atoms with van der Waals surface area (Å²) >= 11 is 0. The van der Waals surface area contributed by atoms with E-state index < -0.39 is 10.0 Å². The van der Waals surface area contributed by atoms with Gasteiger partial charge in [0.1, 0.15) is 0 Å². The van der Waals surface area contributed by atoms with Crippen LogP contribution in [0.2, 0.25) is 0 Å². The summed E-state index contributed by atoms with van der Waals surface area (Å²) in [6.45, 7) is 3.77. The average Bonchev–Trinajstić information content (AvgIpc) is 2.98. The molecule has 0 radical (unpaired) electrons. The van der Waals surface area contributed by atoms with Gasteiger partial charge < -0.3 is 9.73 Å². The number of hydrogen-bond acceptors (Lipinski definition) is 4. The molecule has 0 aliphatic heterocycles. The molecule has 2 N–H and O–H groups in total. The first kappa shape index (κ1) is 17.2. The van der Waals surface area contributed by atoms with Gasteiger partial charge in [-0.15, -0.1) is 0 Å². The van der Waals surface area contributed by atoms with Gasteiger partial charge in [0.05, 0.1) is 12.0 Å². The first-order valence-corrected chi connectivity index (χ1v) is 8.91. The summed E-state index contributed by atoms with van der Waals surface area (Å²) in [5.74, 6) is -0.248. The van der Waals surface area contributed by atoms with Crippen molar-refractivity contribution in [1.82, 2.24) is 10.0 Å². The Labute approximate surface area is 135 Å². The Morgan fingerprint density at radius 2 is 1.83 bits per heavy atom. The number of rotatable bonds is 7. The number of furan rings is 1. The fourth-order valence-corrected chi connectivity index (χ4v) is 3.64. The first-order chi connectivity index (χ1) is 10.9. The zero-order valence-corrected chi connectivity index (χ0v) is 13.9. The molecule has 0 spiro atoms. The Morgan fingerprint density at radius 1 is 1.13 bits per heavy atom. The maximum atomic E-state index is 12.1. The van der Waals surface area contributed by atoms with Crippen LogP contribution in [0.1, 0.15) is 35.5 Å². The van der Waals surface area contributed by atoms with E-state index in [9.17, 15) is 13.2 Å². The maximum Gasteiger partial charge on any atom is 0.287 e. The second-order valence-electron chi connectivity index (χ2n) is 5.46. The molecule has 23 heavy (non-hydrogen) atoms. The highest BCUT2D eigenvalue weighted by Gasteiger charge is 2.16. The third-order valence-electron chi connectivity index (χ3n) is 3.06. The van der Waals surface area contributed by atoms with Crippen LogP contribution < -0.4 is 10.0 Å². The van der Waals surface area contributed by atoms with Crippen LogP contribution >= 0.6 is 0 Å². The van der Waals surface area contributed by atoms with E-state index >= 15 is 0 Å². The van der Waals surface area contributed by atoms with Crippen LogP contribution in [0.3, 0.4) is 0 Å². The maximum absolute atomic E-state index is 12.1. The van der Waals surface area contributed by atoms with E-state index in [0.717, 1.165) is 5.56 Å². The highest BCUT2D eigenvalue weighted by atomic mass is 32.2. The SMILES string of the molecule is CC(C)NS(=O)(=O)Cc1ccccc1CNC(=O)c1ccco1. The van der Waals surface area contributed by atoms with Gasteiger partial charge in [-0.1, -0.05) is 24.3 Å². The molecule has 1 amide bonds. The minimum absolute atomic E-state index is 0.127. The van der Waals surface area contributed by atoms with Crippen LogP contribution in [0.25, 0.3) is 0 Å². The summed E-state index contributed by atoms with van der Waals surface area (Å²) in [5.41, 5.74) is 1.40. The van der Waals surface area contributed by atoms with Crippen molar-refractivity contribution in [2.24, 2.45) is 0 Å². The van der Waals surface area contributed by atoms with Crippen LogP contribution in [0.5, 0.6) is 0 Å². The number of amides is 1. The molecule has 2 rings (SSSR count). The van der Waals surface area contributed by atoms with E-state index in [4.69, 9.17) is 4.42 Å². The lowest BCUT2D eigenvalue weighted by Crippen LogP contribution is -2.31. The number of sulfonamides is 1. The van der Waals surface area contributed by atoms with E-state index in [0.29, 0.717) is 5.56 Å². The molecular formula is C16H20N2O4S. The molecule has 0 fully saturated rings. The molecule has 7 heteroatoms. The van der Waals surface area contributed by atoms with Crippen molar-refractivity contribution in [3.05, 3.63) is 59.5 Å². The number of benzene rings is 1. The smallest absolute Gasteiger partial charge is 0.287 e. The minimum Gasteiger partial charge on any atom is -0.459 e. The molecule has 1 aromatic heterocycles. The van der Waals surface area contributed by atoms with Crippen LogP contribution in [0, 0.1) is 0 Å². The third-order valence-corrected chi connectivity index (χ3v) is 4.59. The number of carbonyl (C=O) groups excluding carboxylic acids is 1. The van der Waals surface area contributed by atoms with Gasteiger partial charge in [0.15, 0.2) is 5.76 Å². The van der Waals surface area contributed by atoms with Gasteiger partial charge >= 0.3 is 0 Å². The number of carbonyl (C=O) groups is 1. The standard InChI is InChI=1S/C16H20N2O4S/c1-12(2)18-23(20,21)11-14-7-4-3-6-13(14)10-17-16(19)15-8-5-9-22-15/h3-9,12,18H,10-11H2,1-2H3,(H,17,19). The van der Waals surface area contributed by atoms with Gasteiger partial charge in [0.2, 0.25) is 10.0 Å². The molecule has 0 aliphatic rings. The van der Waals surface area contributed by atoms with Crippen molar-refractivity contribution in [3.63, 3.8) is 0 Å². The van der Waals surface area contributed by atoms with Gasteiger partial charge in [-0.05, 0) is 37.1 Å². The van der Waals surface area contributed by atoms with E-state index in [-0.39, 0.29) is 30.0 Å². The van der Waals surface area contributed by atoms with E-state index in [1.165, 1.54) is 6.26 Å². The predicted octanol–water partition coefficient (Wildman–Crippen LogP) is 2.04. The minimum atomic E-state index is -3.42. The van der Waals surface area contributed by atoms with Crippen molar-refractivity contribution >= 4 is 15.9 Å². The fraction of sp³-hybridized carbons (Fsp3) is 0.312. The number of hydrogen-bond donors (Lipinski definition) is 2. The first-order valence-electron chi connectivity index (χ1n) is 7.26. The second kappa shape index (κ2) is 7.43. The zero-order chi connectivity index (χ0) is 16.9. The lowest BCUT2D eigenvalue weighted by atomic mass is 10.1. The van der Waals surface area contributed by atoms with Crippen LogP contribution in [0.15, 0.2) is 47.1 Å². The molecular weight excluding hydrogens is 316 g/mol. The van der Waals surface area contributed by atoms with Crippen LogP contribution in [0.4, 0.5) is 0 Å². The molecule has 0 saturated carbocycles. The lowest BCUT2D eigenvalue weighted by molar-refractivity contribution is 0.0923. The van der Waals surface area contributed by atoms with Gasteiger partial charge in [0, 0.05) is 12.6 Å². The Balaban J connectivity index is 2.07. The molecule has 6 nitrogen and oxygen atoms in total. The normalized spacial score (nSPS) is 11.6. The average molecular weight is 336 g/mol. The summed E-state index contributed by atoms with van der Waals surface area (Å²) < 4.78 is 31.7. The Hall–Kier alpha value is -2.12. The van der Waals surface area contributed by atoms with Crippen LogP contribution in [-0.4, -0.2) is 20.4 Å². The summed E-state index contributed by atoms with van der Waals surface area (Å²) in [6, 6.07) is 10.2. The molecule has 1 heterocycles. The second-order valence-corrected chi connectivity index (χ2v) is 7.21. The Bertz CT molecular complexity index is 752. The third kappa shape index (κ3) is 5.22. The highest BCUT2D eigenvalue weighted by molar-refractivity contribution is 7.88. The largest absolute Gasteiger partial charge is 0.459 e. The summed E-state index contributed by atoms with van der Waals surface area (Å²) in [7, 11) is -3.42. The highest BCUT2D eigenvalue weighted by Crippen LogP contribution is 2.13. The van der Waals surface area contributed by atoms with Crippen molar-refractivity contribution < 1.29 is 17.6 Å². The summed E-state index contributed by atoms with van der Waals surface area (Å²) in [6.07, 6.45) is 1.42. The van der Waals surface area contributed by atoms with Gasteiger partial charge in [-0.3, -0.25) is 4.79 Å². The molecule has 0 aliphatic carbocycles.